The summed E-state index contributed by atoms with van der Waals surface area (Å²) in [5.74, 6) is 0.867. The summed E-state index contributed by atoms with van der Waals surface area (Å²) in [6.45, 7) is 2.02. The maximum absolute atomic E-state index is 12.5. The number of carbonyl (C=O) groups excluding carboxylic acids is 1. The Labute approximate surface area is 121 Å². The first-order chi connectivity index (χ1) is 9.79. The molecule has 4 heteroatoms. The zero-order valence-electron chi connectivity index (χ0n) is 12.1. The molecular formula is C16H25N3O. The number of aromatic nitrogens is 1. The van der Waals surface area contributed by atoms with Crippen molar-refractivity contribution in [1.29, 1.82) is 0 Å². The van der Waals surface area contributed by atoms with Crippen LogP contribution < -0.4 is 5.73 Å². The molecule has 0 bridgehead atoms. The normalized spacial score (nSPS) is 15.4. The summed E-state index contributed by atoms with van der Waals surface area (Å²) in [6.07, 6.45) is 10.1. The quantitative estimate of drug-likeness (QED) is 0.831. The van der Waals surface area contributed by atoms with Crippen LogP contribution in [0.4, 0.5) is 0 Å². The summed E-state index contributed by atoms with van der Waals surface area (Å²) in [4.78, 5) is 18.5. The number of hydrogen-bond acceptors (Lipinski definition) is 3. The van der Waals surface area contributed by atoms with Crippen molar-refractivity contribution >= 4 is 5.91 Å². The molecule has 0 spiro atoms. The van der Waals surface area contributed by atoms with Gasteiger partial charge in [0.2, 0.25) is 5.91 Å². The third-order valence-electron chi connectivity index (χ3n) is 4.02. The molecular weight excluding hydrogens is 250 g/mol. The smallest absolute Gasteiger partial charge is 0.223 e. The zero-order valence-corrected chi connectivity index (χ0v) is 12.1. The molecule has 0 radical (unpaired) electrons. The van der Waals surface area contributed by atoms with Crippen molar-refractivity contribution in [2.24, 2.45) is 11.7 Å². The third-order valence-corrected chi connectivity index (χ3v) is 4.02. The van der Waals surface area contributed by atoms with Gasteiger partial charge >= 0.3 is 0 Å². The van der Waals surface area contributed by atoms with Gasteiger partial charge in [0.15, 0.2) is 0 Å². The monoisotopic (exact) mass is 275 g/mol. The first-order valence-electron chi connectivity index (χ1n) is 7.66. The van der Waals surface area contributed by atoms with Crippen LogP contribution in [0.2, 0.25) is 0 Å². The Morgan fingerprint density at radius 1 is 1.40 bits per heavy atom. The highest BCUT2D eigenvalue weighted by Crippen LogP contribution is 2.28. The second-order valence-corrected chi connectivity index (χ2v) is 5.67. The molecule has 2 N–H and O–H groups in total. The Kier molecular flexibility index (Phi) is 5.99. The van der Waals surface area contributed by atoms with E-state index in [1.165, 1.54) is 25.7 Å². The van der Waals surface area contributed by atoms with Crippen LogP contribution in [-0.4, -0.2) is 28.9 Å². The summed E-state index contributed by atoms with van der Waals surface area (Å²) in [6, 6.07) is 3.93. The standard InChI is InChI=1S/C16H25N3O/c17-8-4-10-19(13-15-7-3-9-18-12-15)16(20)11-14-5-1-2-6-14/h3,7,9,12,14H,1-2,4-6,8,10-11,13,17H2. The van der Waals surface area contributed by atoms with E-state index in [1.54, 1.807) is 6.20 Å². The predicted molar refractivity (Wildman–Crippen MR) is 79.9 cm³/mol. The molecule has 1 aliphatic carbocycles. The maximum atomic E-state index is 12.5. The van der Waals surface area contributed by atoms with Crippen LogP contribution in [0.1, 0.15) is 44.1 Å². The fraction of sp³-hybridized carbons (Fsp3) is 0.625. The van der Waals surface area contributed by atoms with E-state index in [4.69, 9.17) is 5.73 Å². The molecule has 1 fully saturated rings. The minimum absolute atomic E-state index is 0.272. The molecule has 1 aromatic heterocycles. The van der Waals surface area contributed by atoms with Crippen LogP contribution in [0.3, 0.4) is 0 Å². The lowest BCUT2D eigenvalue weighted by molar-refractivity contribution is -0.132. The molecule has 110 valence electrons. The third kappa shape index (κ3) is 4.60. The molecule has 2 rings (SSSR count). The van der Waals surface area contributed by atoms with Crippen LogP contribution >= 0.6 is 0 Å². The molecule has 1 aliphatic rings. The van der Waals surface area contributed by atoms with E-state index in [0.717, 1.165) is 18.5 Å². The van der Waals surface area contributed by atoms with Gasteiger partial charge in [-0.05, 0) is 43.4 Å². The highest BCUT2D eigenvalue weighted by atomic mass is 16.2. The van der Waals surface area contributed by atoms with Gasteiger partial charge in [-0.1, -0.05) is 18.9 Å². The largest absolute Gasteiger partial charge is 0.338 e. The van der Waals surface area contributed by atoms with Gasteiger partial charge in [-0.25, -0.2) is 0 Å². The second kappa shape index (κ2) is 8.00. The summed E-state index contributed by atoms with van der Waals surface area (Å²) < 4.78 is 0. The van der Waals surface area contributed by atoms with Gasteiger partial charge in [0.05, 0.1) is 0 Å². The van der Waals surface area contributed by atoms with Gasteiger partial charge < -0.3 is 10.6 Å². The molecule has 20 heavy (non-hydrogen) atoms. The number of hydrogen-bond donors (Lipinski definition) is 1. The number of carbonyl (C=O) groups is 1. The van der Waals surface area contributed by atoms with Crippen molar-refractivity contribution in [3.05, 3.63) is 30.1 Å². The van der Waals surface area contributed by atoms with Gasteiger partial charge in [-0.15, -0.1) is 0 Å². The van der Waals surface area contributed by atoms with E-state index < -0.39 is 0 Å². The van der Waals surface area contributed by atoms with E-state index in [9.17, 15) is 4.79 Å². The maximum Gasteiger partial charge on any atom is 0.223 e. The first kappa shape index (κ1) is 15.0. The topological polar surface area (TPSA) is 59.2 Å². The van der Waals surface area contributed by atoms with Crippen LogP contribution in [-0.2, 0) is 11.3 Å². The average Bonchev–Trinajstić information content (AvgIpc) is 2.97. The van der Waals surface area contributed by atoms with E-state index in [1.807, 2.05) is 23.2 Å². The lowest BCUT2D eigenvalue weighted by Gasteiger charge is -2.24. The lowest BCUT2D eigenvalue weighted by atomic mass is 10.0. The molecule has 1 aromatic rings. The highest BCUT2D eigenvalue weighted by molar-refractivity contribution is 5.76. The van der Waals surface area contributed by atoms with Gasteiger partial charge in [0.25, 0.3) is 0 Å². The van der Waals surface area contributed by atoms with E-state index in [0.29, 0.717) is 25.4 Å². The van der Waals surface area contributed by atoms with Crippen molar-refractivity contribution < 1.29 is 4.79 Å². The Balaban J connectivity index is 1.92. The molecule has 4 nitrogen and oxygen atoms in total. The first-order valence-corrected chi connectivity index (χ1v) is 7.66. The van der Waals surface area contributed by atoms with Crippen LogP contribution in [0.5, 0.6) is 0 Å². The number of amides is 1. The summed E-state index contributed by atoms with van der Waals surface area (Å²) in [5.41, 5.74) is 6.67. The number of nitrogens with zero attached hydrogens (tertiary/aromatic N) is 2. The Bertz CT molecular complexity index is 401. The lowest BCUT2D eigenvalue weighted by Crippen LogP contribution is -2.33. The van der Waals surface area contributed by atoms with Crippen molar-refractivity contribution in [2.75, 3.05) is 13.1 Å². The molecule has 0 aliphatic heterocycles. The minimum atomic E-state index is 0.272. The summed E-state index contributed by atoms with van der Waals surface area (Å²) >= 11 is 0. The van der Waals surface area contributed by atoms with Crippen LogP contribution in [0.25, 0.3) is 0 Å². The summed E-state index contributed by atoms with van der Waals surface area (Å²) in [7, 11) is 0. The Morgan fingerprint density at radius 2 is 2.20 bits per heavy atom. The number of nitrogens with two attached hydrogens (primary N) is 1. The second-order valence-electron chi connectivity index (χ2n) is 5.67. The number of rotatable bonds is 7. The molecule has 1 amide bonds. The summed E-state index contributed by atoms with van der Waals surface area (Å²) in [5, 5.41) is 0. The Hall–Kier alpha value is -1.42. The molecule has 0 saturated heterocycles. The van der Waals surface area contributed by atoms with Crippen LogP contribution in [0, 0.1) is 5.92 Å². The van der Waals surface area contributed by atoms with Gasteiger partial charge in [-0.2, -0.15) is 0 Å². The molecule has 1 saturated carbocycles. The Morgan fingerprint density at radius 3 is 2.85 bits per heavy atom. The fourth-order valence-electron chi connectivity index (χ4n) is 2.88. The van der Waals surface area contributed by atoms with E-state index in [-0.39, 0.29) is 5.91 Å². The molecule has 0 unspecified atom stereocenters. The minimum Gasteiger partial charge on any atom is -0.338 e. The van der Waals surface area contributed by atoms with Crippen molar-refractivity contribution in [1.82, 2.24) is 9.88 Å². The van der Waals surface area contributed by atoms with Crippen LogP contribution in [0.15, 0.2) is 24.5 Å². The van der Waals surface area contributed by atoms with Gasteiger partial charge in [-0.3, -0.25) is 9.78 Å². The average molecular weight is 275 g/mol. The highest BCUT2D eigenvalue weighted by Gasteiger charge is 2.22. The predicted octanol–water partition coefficient (Wildman–Crippen LogP) is 2.34. The molecule has 0 atom stereocenters. The van der Waals surface area contributed by atoms with Crippen molar-refractivity contribution in [2.45, 2.75) is 45.1 Å². The van der Waals surface area contributed by atoms with Gasteiger partial charge in [0, 0.05) is 31.9 Å². The van der Waals surface area contributed by atoms with E-state index in [2.05, 4.69) is 4.98 Å². The SMILES string of the molecule is NCCCN(Cc1cccnc1)C(=O)CC1CCCC1. The van der Waals surface area contributed by atoms with Crippen molar-refractivity contribution in [3.63, 3.8) is 0 Å². The van der Waals surface area contributed by atoms with E-state index >= 15 is 0 Å². The number of pyridine rings is 1. The van der Waals surface area contributed by atoms with Gasteiger partial charge in [0.1, 0.15) is 0 Å². The zero-order chi connectivity index (χ0) is 14.2. The molecule has 0 aromatic carbocycles. The molecule has 1 heterocycles. The van der Waals surface area contributed by atoms with Crippen molar-refractivity contribution in [3.8, 4) is 0 Å². The fourth-order valence-corrected chi connectivity index (χ4v) is 2.88.